The van der Waals surface area contributed by atoms with Gasteiger partial charge in [-0.1, -0.05) is 19.1 Å². The third-order valence-electron chi connectivity index (χ3n) is 3.05. The quantitative estimate of drug-likeness (QED) is 0.800. The Morgan fingerprint density at radius 2 is 2.29 bits per heavy atom. The molecular weight excluding hydrogens is 214 g/mol. The van der Waals surface area contributed by atoms with Crippen molar-refractivity contribution in [1.82, 2.24) is 0 Å². The highest BCUT2D eigenvalue weighted by molar-refractivity contribution is 5.99. The molecule has 1 atom stereocenters. The Kier molecular flexibility index (Phi) is 3.43. The van der Waals surface area contributed by atoms with Gasteiger partial charge >= 0.3 is 0 Å². The fourth-order valence-corrected chi connectivity index (χ4v) is 2.11. The largest absolute Gasteiger partial charge is 0.475 e. The molecule has 0 amide bonds. The van der Waals surface area contributed by atoms with Crippen molar-refractivity contribution >= 4 is 5.78 Å². The monoisotopic (exact) mass is 229 g/mol. The van der Waals surface area contributed by atoms with E-state index in [4.69, 9.17) is 10.00 Å². The van der Waals surface area contributed by atoms with Crippen LogP contribution < -0.4 is 4.74 Å². The van der Waals surface area contributed by atoms with Crippen molar-refractivity contribution in [2.75, 3.05) is 0 Å². The van der Waals surface area contributed by atoms with Gasteiger partial charge in [0.2, 0.25) is 0 Å². The van der Waals surface area contributed by atoms with Crippen LogP contribution in [0.25, 0.3) is 0 Å². The van der Waals surface area contributed by atoms with E-state index in [0.717, 1.165) is 24.0 Å². The van der Waals surface area contributed by atoms with Crippen LogP contribution in [0.15, 0.2) is 18.2 Å². The third kappa shape index (κ3) is 2.31. The zero-order valence-electron chi connectivity index (χ0n) is 9.90. The van der Waals surface area contributed by atoms with Crippen LogP contribution in [-0.4, -0.2) is 11.9 Å². The van der Waals surface area contributed by atoms with Crippen molar-refractivity contribution in [1.29, 1.82) is 5.26 Å². The zero-order chi connectivity index (χ0) is 12.3. The first-order valence-electron chi connectivity index (χ1n) is 5.97. The lowest BCUT2D eigenvalue weighted by atomic mass is 9.90. The molecule has 2 rings (SSSR count). The van der Waals surface area contributed by atoms with Gasteiger partial charge in [-0.25, -0.2) is 0 Å². The topological polar surface area (TPSA) is 50.1 Å². The minimum atomic E-state index is -0.432. The maximum atomic E-state index is 11.7. The van der Waals surface area contributed by atoms with Crippen molar-refractivity contribution in [3.8, 4) is 11.8 Å². The zero-order valence-corrected chi connectivity index (χ0v) is 9.90. The molecule has 88 valence electrons. The molecule has 0 saturated carbocycles. The van der Waals surface area contributed by atoms with E-state index in [1.54, 1.807) is 0 Å². The lowest BCUT2D eigenvalue weighted by Gasteiger charge is -2.20. The Balaban J connectivity index is 2.33. The van der Waals surface area contributed by atoms with Gasteiger partial charge < -0.3 is 4.74 Å². The summed E-state index contributed by atoms with van der Waals surface area (Å²) >= 11 is 0. The predicted molar refractivity (Wildman–Crippen MR) is 64.0 cm³/mol. The van der Waals surface area contributed by atoms with Gasteiger partial charge in [0.25, 0.3) is 0 Å². The number of ketones is 1. The number of ether oxygens (including phenoxy) is 1. The highest BCUT2D eigenvalue weighted by atomic mass is 16.5. The van der Waals surface area contributed by atoms with Crippen LogP contribution in [0.2, 0.25) is 0 Å². The number of rotatable bonds is 3. The van der Waals surface area contributed by atoms with Gasteiger partial charge in [0.05, 0.1) is 0 Å². The van der Waals surface area contributed by atoms with Gasteiger partial charge in [-0.2, -0.15) is 5.26 Å². The second-order valence-electron chi connectivity index (χ2n) is 4.20. The normalized spacial score (nSPS) is 15.9. The van der Waals surface area contributed by atoms with Crippen molar-refractivity contribution in [2.24, 2.45) is 0 Å². The maximum absolute atomic E-state index is 11.7. The molecule has 0 aromatic heterocycles. The number of nitriles is 1. The molecule has 0 N–H and O–H groups in total. The molecule has 0 saturated heterocycles. The number of Topliss-reactive ketones (excluding diaryl/α,β-unsaturated/α-hetero) is 1. The number of carbonyl (C=O) groups is 1. The Morgan fingerprint density at radius 3 is 3.00 bits per heavy atom. The van der Waals surface area contributed by atoms with Crippen LogP contribution >= 0.6 is 0 Å². The first-order chi connectivity index (χ1) is 8.26. The van der Waals surface area contributed by atoms with Crippen LogP contribution in [0.3, 0.4) is 0 Å². The van der Waals surface area contributed by atoms with Gasteiger partial charge in [-0.15, -0.1) is 0 Å². The summed E-state index contributed by atoms with van der Waals surface area (Å²) in [6.45, 7) is 1.91. The summed E-state index contributed by atoms with van der Waals surface area (Å²) in [6.07, 6.45) is 2.56. The molecule has 1 aliphatic rings. The maximum Gasteiger partial charge on any atom is 0.184 e. The summed E-state index contributed by atoms with van der Waals surface area (Å²) in [6, 6.07) is 7.62. The molecule has 17 heavy (non-hydrogen) atoms. The average Bonchev–Trinajstić information content (AvgIpc) is 2.37. The lowest BCUT2D eigenvalue weighted by Crippen LogP contribution is -2.17. The summed E-state index contributed by atoms with van der Waals surface area (Å²) in [5.41, 5.74) is 1.74. The molecule has 1 unspecified atom stereocenters. The van der Waals surface area contributed by atoms with Gasteiger partial charge in [-0.3, -0.25) is 4.79 Å². The van der Waals surface area contributed by atoms with Crippen LogP contribution in [0.5, 0.6) is 5.75 Å². The van der Waals surface area contributed by atoms with E-state index in [-0.39, 0.29) is 5.78 Å². The average molecular weight is 229 g/mol. The molecule has 0 bridgehead atoms. The highest BCUT2D eigenvalue weighted by Crippen LogP contribution is 2.30. The molecule has 0 radical (unpaired) electrons. The van der Waals surface area contributed by atoms with E-state index in [9.17, 15) is 4.79 Å². The number of carbonyl (C=O) groups excluding carboxylic acids is 1. The molecule has 0 fully saturated rings. The number of hydrogen-bond donors (Lipinski definition) is 0. The smallest absolute Gasteiger partial charge is 0.184 e. The van der Waals surface area contributed by atoms with Crippen molar-refractivity contribution in [2.45, 2.75) is 38.7 Å². The van der Waals surface area contributed by atoms with Gasteiger partial charge in [0.15, 0.2) is 11.9 Å². The van der Waals surface area contributed by atoms with Crippen LogP contribution in [0, 0.1) is 11.3 Å². The summed E-state index contributed by atoms with van der Waals surface area (Å²) in [5.74, 6) is 0.880. The van der Waals surface area contributed by atoms with Gasteiger partial charge in [0, 0.05) is 17.5 Å². The Morgan fingerprint density at radius 1 is 1.47 bits per heavy atom. The van der Waals surface area contributed by atoms with Crippen molar-refractivity contribution in [3.05, 3.63) is 29.3 Å². The molecule has 1 aliphatic carbocycles. The molecule has 1 aromatic rings. The van der Waals surface area contributed by atoms with Crippen LogP contribution in [0.4, 0.5) is 0 Å². The van der Waals surface area contributed by atoms with Crippen molar-refractivity contribution in [3.63, 3.8) is 0 Å². The number of benzene rings is 1. The summed E-state index contributed by atoms with van der Waals surface area (Å²) in [4.78, 5) is 11.7. The number of hydrogen-bond acceptors (Lipinski definition) is 3. The SMILES string of the molecule is CCC(C#N)Oc1cccc2c1CCCC2=O. The predicted octanol–water partition coefficient (Wildman–Crippen LogP) is 2.89. The molecule has 0 aliphatic heterocycles. The third-order valence-corrected chi connectivity index (χ3v) is 3.05. The first kappa shape index (κ1) is 11.7. The van der Waals surface area contributed by atoms with Crippen LogP contribution in [-0.2, 0) is 6.42 Å². The number of fused-ring (bicyclic) bond motifs is 1. The standard InChI is InChI=1S/C14H15NO2/c1-2-10(9-15)17-14-8-4-5-11-12(14)6-3-7-13(11)16/h4-5,8,10H,2-3,6-7H2,1H3. The Hall–Kier alpha value is -1.82. The molecule has 1 aromatic carbocycles. The van der Waals surface area contributed by atoms with E-state index < -0.39 is 6.10 Å². The summed E-state index contributed by atoms with van der Waals surface area (Å²) < 4.78 is 5.65. The minimum Gasteiger partial charge on any atom is -0.475 e. The molecular formula is C14H15NO2. The van der Waals surface area contributed by atoms with E-state index in [0.29, 0.717) is 18.6 Å². The van der Waals surface area contributed by atoms with Crippen LogP contribution in [0.1, 0.15) is 42.1 Å². The fraction of sp³-hybridized carbons (Fsp3) is 0.429. The second kappa shape index (κ2) is 5.01. The first-order valence-corrected chi connectivity index (χ1v) is 5.97. The minimum absolute atomic E-state index is 0.182. The summed E-state index contributed by atoms with van der Waals surface area (Å²) in [7, 11) is 0. The molecule has 0 heterocycles. The molecule has 3 nitrogen and oxygen atoms in total. The van der Waals surface area contributed by atoms with E-state index in [1.807, 2.05) is 25.1 Å². The lowest BCUT2D eigenvalue weighted by molar-refractivity contribution is 0.0971. The highest BCUT2D eigenvalue weighted by Gasteiger charge is 2.21. The van der Waals surface area contributed by atoms with E-state index in [1.165, 1.54) is 0 Å². The number of nitrogens with zero attached hydrogens (tertiary/aromatic N) is 1. The molecule has 3 heteroatoms. The second-order valence-corrected chi connectivity index (χ2v) is 4.20. The fourth-order valence-electron chi connectivity index (χ4n) is 2.11. The summed E-state index contributed by atoms with van der Waals surface area (Å²) in [5, 5.41) is 8.90. The Labute approximate surface area is 101 Å². The van der Waals surface area contributed by atoms with Gasteiger partial charge in [0.1, 0.15) is 11.8 Å². The van der Waals surface area contributed by atoms with Crippen molar-refractivity contribution < 1.29 is 9.53 Å². The Bertz CT molecular complexity index is 474. The van der Waals surface area contributed by atoms with Gasteiger partial charge in [-0.05, 0) is 25.3 Å². The van der Waals surface area contributed by atoms with E-state index in [2.05, 4.69) is 6.07 Å². The van der Waals surface area contributed by atoms with E-state index >= 15 is 0 Å². The molecule has 0 spiro atoms.